The number of morpholine rings is 1. The summed E-state index contributed by atoms with van der Waals surface area (Å²) in [6.07, 6.45) is 9.46. The monoisotopic (exact) mass is 398 g/mol. The average molecular weight is 399 g/mol. The van der Waals surface area contributed by atoms with E-state index in [1.54, 1.807) is 11.8 Å². The highest BCUT2D eigenvalue weighted by Crippen LogP contribution is 2.43. The van der Waals surface area contributed by atoms with Gasteiger partial charge in [-0.1, -0.05) is 18.7 Å². The summed E-state index contributed by atoms with van der Waals surface area (Å²) in [6.45, 7) is 6.30. The van der Waals surface area contributed by atoms with Crippen molar-refractivity contribution in [1.82, 2.24) is 24.8 Å². The van der Waals surface area contributed by atoms with Crippen molar-refractivity contribution < 1.29 is 4.74 Å². The molecule has 0 N–H and O–H groups in total. The predicted octanol–water partition coefficient (Wildman–Crippen LogP) is 2.48. The van der Waals surface area contributed by atoms with Crippen LogP contribution in [-0.4, -0.2) is 62.9 Å². The van der Waals surface area contributed by atoms with Crippen molar-refractivity contribution in [3.63, 3.8) is 0 Å². The molecule has 2 fully saturated rings. The molecule has 0 aliphatic carbocycles. The first-order valence-corrected chi connectivity index (χ1v) is 11.2. The molecule has 2 bridgehead atoms. The van der Waals surface area contributed by atoms with Crippen LogP contribution in [0, 0.1) is 0 Å². The zero-order chi connectivity index (χ0) is 18.9. The van der Waals surface area contributed by atoms with Crippen molar-refractivity contribution in [2.75, 3.05) is 37.0 Å². The predicted molar refractivity (Wildman–Crippen MR) is 109 cm³/mol. The van der Waals surface area contributed by atoms with E-state index in [0.717, 1.165) is 56.1 Å². The van der Waals surface area contributed by atoms with E-state index in [4.69, 9.17) is 14.7 Å². The van der Waals surface area contributed by atoms with E-state index in [0.29, 0.717) is 12.1 Å². The maximum atomic E-state index is 5.45. The smallest absolute Gasteiger partial charge is 0.225 e. The molecule has 5 rings (SSSR count). The molecule has 0 spiro atoms. The van der Waals surface area contributed by atoms with Gasteiger partial charge in [0.2, 0.25) is 5.95 Å². The first kappa shape index (κ1) is 18.3. The molecule has 2 atom stereocenters. The Morgan fingerprint density at radius 3 is 2.71 bits per heavy atom. The third-order valence-corrected chi connectivity index (χ3v) is 6.69. The highest BCUT2D eigenvalue weighted by Gasteiger charge is 2.41. The van der Waals surface area contributed by atoms with E-state index >= 15 is 0 Å². The zero-order valence-corrected chi connectivity index (χ0v) is 17.1. The Balaban J connectivity index is 1.34. The molecule has 0 radical (unpaired) electrons. The van der Waals surface area contributed by atoms with Gasteiger partial charge in [0.25, 0.3) is 0 Å². The number of rotatable bonds is 5. The van der Waals surface area contributed by atoms with Crippen LogP contribution < -0.4 is 4.90 Å². The highest BCUT2D eigenvalue weighted by atomic mass is 32.2. The Labute approximate surface area is 169 Å². The fourth-order valence-corrected chi connectivity index (χ4v) is 5.08. The van der Waals surface area contributed by atoms with Gasteiger partial charge in [-0.3, -0.25) is 4.90 Å². The van der Waals surface area contributed by atoms with Gasteiger partial charge < -0.3 is 9.64 Å². The second-order valence-electron chi connectivity index (χ2n) is 7.60. The number of thioether (sulfide) groups is 1. The van der Waals surface area contributed by atoms with E-state index in [1.807, 2.05) is 12.4 Å². The van der Waals surface area contributed by atoms with E-state index in [2.05, 4.69) is 32.9 Å². The molecule has 5 heterocycles. The van der Waals surface area contributed by atoms with Gasteiger partial charge in [0, 0.05) is 67.9 Å². The molecule has 0 aromatic carbocycles. The Kier molecular flexibility index (Phi) is 5.17. The molecule has 148 valence electrons. The second kappa shape index (κ2) is 7.93. The normalized spacial score (nSPS) is 24.4. The molecule has 8 heteroatoms. The third-order valence-electron chi connectivity index (χ3n) is 5.93. The first-order valence-electron chi connectivity index (χ1n) is 10.2. The summed E-state index contributed by atoms with van der Waals surface area (Å²) in [5.74, 6) is 1.87. The first-order chi connectivity index (χ1) is 13.8. The molecule has 3 aliphatic heterocycles. The quantitative estimate of drug-likeness (QED) is 0.562. The van der Waals surface area contributed by atoms with Crippen molar-refractivity contribution in [3.05, 3.63) is 35.4 Å². The molecular weight excluding hydrogens is 372 g/mol. The van der Waals surface area contributed by atoms with Gasteiger partial charge in [0.15, 0.2) is 5.16 Å². The topological polar surface area (TPSA) is 67.3 Å². The van der Waals surface area contributed by atoms with Crippen LogP contribution >= 0.6 is 11.8 Å². The molecule has 3 aliphatic rings. The Hall–Kier alpha value is -1.77. The summed E-state index contributed by atoms with van der Waals surface area (Å²) >= 11 is 1.68. The summed E-state index contributed by atoms with van der Waals surface area (Å²) < 4.78 is 5.45. The van der Waals surface area contributed by atoms with Crippen LogP contribution in [-0.2, 0) is 17.7 Å². The molecule has 2 aromatic rings. The SMILES string of the molecule is CCSc1ncc(CN2C3CCC2c2cnc(N4CCOCC4)nc2C3)cn1. The summed E-state index contributed by atoms with van der Waals surface area (Å²) in [5, 5.41) is 0.863. The Bertz CT molecular complexity index is 826. The molecule has 2 aromatic heterocycles. The molecule has 2 saturated heterocycles. The van der Waals surface area contributed by atoms with Gasteiger partial charge in [0.05, 0.1) is 18.9 Å². The van der Waals surface area contributed by atoms with Crippen molar-refractivity contribution in [1.29, 1.82) is 0 Å². The van der Waals surface area contributed by atoms with Gasteiger partial charge in [-0.15, -0.1) is 0 Å². The molecule has 28 heavy (non-hydrogen) atoms. The van der Waals surface area contributed by atoms with Crippen molar-refractivity contribution in [2.24, 2.45) is 0 Å². The van der Waals surface area contributed by atoms with E-state index in [1.165, 1.54) is 29.7 Å². The Morgan fingerprint density at radius 2 is 1.93 bits per heavy atom. The van der Waals surface area contributed by atoms with Crippen LogP contribution in [0.1, 0.15) is 42.6 Å². The number of anilines is 1. The summed E-state index contributed by atoms with van der Waals surface area (Å²) in [5.41, 5.74) is 3.74. The number of aromatic nitrogens is 4. The lowest BCUT2D eigenvalue weighted by molar-refractivity contribution is 0.122. The fourth-order valence-electron chi connectivity index (χ4n) is 4.56. The minimum Gasteiger partial charge on any atom is -0.378 e. The number of nitrogens with zero attached hydrogens (tertiary/aromatic N) is 6. The van der Waals surface area contributed by atoms with Gasteiger partial charge >= 0.3 is 0 Å². The van der Waals surface area contributed by atoms with Crippen LogP contribution in [0.4, 0.5) is 5.95 Å². The minimum atomic E-state index is 0.414. The molecule has 0 saturated carbocycles. The van der Waals surface area contributed by atoms with Crippen LogP contribution in [0.2, 0.25) is 0 Å². The average Bonchev–Trinajstić information content (AvgIpc) is 3.01. The minimum absolute atomic E-state index is 0.414. The van der Waals surface area contributed by atoms with Crippen LogP contribution in [0.5, 0.6) is 0 Å². The third kappa shape index (κ3) is 3.49. The van der Waals surface area contributed by atoms with E-state index < -0.39 is 0 Å². The summed E-state index contributed by atoms with van der Waals surface area (Å²) in [7, 11) is 0. The second-order valence-corrected chi connectivity index (χ2v) is 8.83. The highest BCUT2D eigenvalue weighted by molar-refractivity contribution is 7.99. The zero-order valence-electron chi connectivity index (χ0n) is 16.3. The van der Waals surface area contributed by atoms with Crippen LogP contribution in [0.15, 0.2) is 23.7 Å². The molecule has 0 amide bonds. The number of hydrogen-bond acceptors (Lipinski definition) is 8. The van der Waals surface area contributed by atoms with Crippen LogP contribution in [0.25, 0.3) is 0 Å². The van der Waals surface area contributed by atoms with Crippen molar-refractivity contribution >= 4 is 17.7 Å². The maximum absolute atomic E-state index is 5.45. The maximum Gasteiger partial charge on any atom is 0.225 e. The summed E-state index contributed by atoms with van der Waals surface area (Å²) in [6, 6.07) is 0.965. The molecule has 7 nitrogen and oxygen atoms in total. The lowest BCUT2D eigenvalue weighted by Gasteiger charge is -2.36. The van der Waals surface area contributed by atoms with Gasteiger partial charge in [0.1, 0.15) is 0 Å². The number of fused-ring (bicyclic) bond motifs is 4. The molecular formula is C20H26N6OS. The fraction of sp³-hybridized carbons (Fsp3) is 0.600. The van der Waals surface area contributed by atoms with Gasteiger partial charge in [-0.2, -0.15) is 0 Å². The number of hydrogen-bond donors (Lipinski definition) is 0. The summed E-state index contributed by atoms with van der Waals surface area (Å²) in [4.78, 5) is 23.5. The van der Waals surface area contributed by atoms with E-state index in [-0.39, 0.29) is 0 Å². The number of ether oxygens (including phenoxy) is 1. The van der Waals surface area contributed by atoms with Crippen LogP contribution in [0.3, 0.4) is 0 Å². The lowest BCUT2D eigenvalue weighted by atomic mass is 9.99. The van der Waals surface area contributed by atoms with Gasteiger partial charge in [-0.05, 0) is 18.6 Å². The molecule has 2 unspecified atom stereocenters. The Morgan fingerprint density at radius 1 is 1.11 bits per heavy atom. The standard InChI is InChI=1S/C20H26N6OS/c1-2-28-20-22-10-14(11-23-20)13-26-15-3-4-18(26)16-12-21-19(24-17(16)9-15)25-5-7-27-8-6-25/h10-12,15,18H,2-9,13H2,1H3. The largest absolute Gasteiger partial charge is 0.378 e. The van der Waals surface area contributed by atoms with E-state index in [9.17, 15) is 0 Å². The van der Waals surface area contributed by atoms with Gasteiger partial charge in [-0.25, -0.2) is 19.9 Å². The lowest BCUT2D eigenvalue weighted by Crippen LogP contribution is -2.40. The van der Waals surface area contributed by atoms with Crippen molar-refractivity contribution in [2.45, 2.75) is 50.0 Å². The van der Waals surface area contributed by atoms with Crippen molar-refractivity contribution in [3.8, 4) is 0 Å².